The molecule has 0 spiro atoms. The summed E-state index contributed by atoms with van der Waals surface area (Å²) in [6.07, 6.45) is 11.4. The van der Waals surface area contributed by atoms with Crippen molar-refractivity contribution in [3.63, 3.8) is 0 Å². The molecule has 2 aliphatic rings. The molecule has 0 aromatic heterocycles. The van der Waals surface area contributed by atoms with E-state index in [0.717, 1.165) is 11.8 Å². The number of rotatable bonds is 6. The highest BCUT2D eigenvalue weighted by atomic mass is 16.5. The highest BCUT2D eigenvalue weighted by Gasteiger charge is 2.22. The number of ether oxygens (including phenoxy) is 2. The number of methoxy groups -OCH3 is 2. The van der Waals surface area contributed by atoms with Gasteiger partial charge in [0, 0.05) is 14.2 Å². The zero-order valence-corrected chi connectivity index (χ0v) is 12.7. The molecule has 0 atom stereocenters. The standard InChI is InChI=1S/C16H31NO2/c1-18-15-7-3-13(4-8-15)11-17-12-14-5-9-16(19-2)10-6-14/h13-17H,3-12H2,1-2H3. The van der Waals surface area contributed by atoms with Crippen LogP contribution in [-0.4, -0.2) is 39.5 Å². The summed E-state index contributed by atoms with van der Waals surface area (Å²) in [4.78, 5) is 0. The summed E-state index contributed by atoms with van der Waals surface area (Å²) in [5.74, 6) is 1.75. The quantitative estimate of drug-likeness (QED) is 0.804. The molecule has 19 heavy (non-hydrogen) atoms. The van der Waals surface area contributed by atoms with Gasteiger partial charge in [0.05, 0.1) is 12.2 Å². The Balaban J connectivity index is 1.53. The molecule has 3 nitrogen and oxygen atoms in total. The fourth-order valence-electron chi connectivity index (χ4n) is 3.63. The van der Waals surface area contributed by atoms with E-state index in [9.17, 15) is 0 Å². The van der Waals surface area contributed by atoms with Crippen molar-refractivity contribution >= 4 is 0 Å². The summed E-state index contributed by atoms with van der Waals surface area (Å²) < 4.78 is 10.9. The Kier molecular flexibility index (Phi) is 6.62. The molecule has 3 heteroatoms. The van der Waals surface area contributed by atoms with Crippen LogP contribution in [-0.2, 0) is 9.47 Å². The second kappa shape index (κ2) is 8.23. The Labute approximate surface area is 118 Å². The summed E-state index contributed by atoms with van der Waals surface area (Å²) in [7, 11) is 3.69. The first kappa shape index (κ1) is 15.3. The minimum atomic E-state index is 0.528. The van der Waals surface area contributed by atoms with Gasteiger partial charge in [-0.15, -0.1) is 0 Å². The van der Waals surface area contributed by atoms with E-state index in [1.165, 1.54) is 64.5 Å². The van der Waals surface area contributed by atoms with E-state index in [-0.39, 0.29) is 0 Å². The van der Waals surface area contributed by atoms with E-state index in [0.29, 0.717) is 12.2 Å². The third-order valence-electron chi connectivity index (χ3n) is 5.12. The van der Waals surface area contributed by atoms with E-state index < -0.39 is 0 Å². The number of nitrogens with one attached hydrogen (secondary N) is 1. The maximum Gasteiger partial charge on any atom is 0.0571 e. The zero-order chi connectivity index (χ0) is 13.5. The molecule has 0 saturated heterocycles. The Bertz CT molecular complexity index is 207. The molecule has 2 fully saturated rings. The van der Waals surface area contributed by atoms with Gasteiger partial charge in [0.2, 0.25) is 0 Å². The predicted molar refractivity (Wildman–Crippen MR) is 78.4 cm³/mol. The topological polar surface area (TPSA) is 30.5 Å². The van der Waals surface area contributed by atoms with Crippen LogP contribution in [0.5, 0.6) is 0 Å². The molecule has 0 bridgehead atoms. The molecule has 0 radical (unpaired) electrons. The molecule has 0 amide bonds. The second-order valence-corrected chi connectivity index (χ2v) is 6.42. The fraction of sp³-hybridized carbons (Fsp3) is 1.00. The molecule has 2 rings (SSSR count). The van der Waals surface area contributed by atoms with Gasteiger partial charge in [0.1, 0.15) is 0 Å². The number of hydrogen-bond donors (Lipinski definition) is 1. The molecule has 112 valence electrons. The SMILES string of the molecule is COC1CCC(CNCC2CCC(OC)CC2)CC1. The normalized spacial score (nSPS) is 36.3. The predicted octanol–water partition coefficient (Wildman–Crippen LogP) is 2.99. The molecule has 1 N–H and O–H groups in total. The minimum Gasteiger partial charge on any atom is -0.381 e. The van der Waals surface area contributed by atoms with Gasteiger partial charge < -0.3 is 14.8 Å². The maximum atomic E-state index is 5.43. The zero-order valence-electron chi connectivity index (χ0n) is 12.7. The first-order valence-corrected chi connectivity index (χ1v) is 8.08. The van der Waals surface area contributed by atoms with E-state index in [1.807, 2.05) is 14.2 Å². The van der Waals surface area contributed by atoms with Gasteiger partial charge in [-0.1, -0.05) is 0 Å². The molecule has 0 unspecified atom stereocenters. The second-order valence-electron chi connectivity index (χ2n) is 6.42. The Morgan fingerprint density at radius 3 is 1.37 bits per heavy atom. The molecule has 2 saturated carbocycles. The molecule has 0 heterocycles. The van der Waals surface area contributed by atoms with Crippen molar-refractivity contribution in [2.24, 2.45) is 11.8 Å². The molecule has 0 aromatic carbocycles. The third-order valence-corrected chi connectivity index (χ3v) is 5.12. The van der Waals surface area contributed by atoms with E-state index in [4.69, 9.17) is 9.47 Å². The van der Waals surface area contributed by atoms with E-state index in [2.05, 4.69) is 5.32 Å². The third kappa shape index (κ3) is 5.05. The van der Waals surface area contributed by atoms with Crippen LogP contribution in [0.4, 0.5) is 0 Å². The summed E-state index contributed by atoms with van der Waals surface area (Å²) >= 11 is 0. The smallest absolute Gasteiger partial charge is 0.0571 e. The minimum absolute atomic E-state index is 0.528. The Morgan fingerprint density at radius 1 is 0.684 bits per heavy atom. The number of hydrogen-bond acceptors (Lipinski definition) is 3. The lowest BCUT2D eigenvalue weighted by atomic mass is 9.86. The van der Waals surface area contributed by atoms with Crippen LogP contribution in [0.1, 0.15) is 51.4 Å². The first-order chi connectivity index (χ1) is 9.31. The van der Waals surface area contributed by atoms with Gasteiger partial charge in [-0.05, 0) is 76.3 Å². The lowest BCUT2D eigenvalue weighted by Crippen LogP contribution is -2.33. The summed E-state index contributed by atoms with van der Waals surface area (Å²) in [6, 6.07) is 0. The summed E-state index contributed by atoms with van der Waals surface area (Å²) in [5, 5.41) is 3.71. The van der Waals surface area contributed by atoms with Crippen LogP contribution < -0.4 is 5.32 Å². The van der Waals surface area contributed by atoms with Crippen molar-refractivity contribution in [3.8, 4) is 0 Å². The van der Waals surface area contributed by atoms with Gasteiger partial charge in [0.15, 0.2) is 0 Å². The average molecular weight is 269 g/mol. The van der Waals surface area contributed by atoms with Crippen LogP contribution in [0, 0.1) is 11.8 Å². The average Bonchev–Trinajstić information content (AvgIpc) is 2.49. The van der Waals surface area contributed by atoms with Gasteiger partial charge in [-0.2, -0.15) is 0 Å². The summed E-state index contributed by atoms with van der Waals surface area (Å²) in [5.41, 5.74) is 0. The van der Waals surface area contributed by atoms with Gasteiger partial charge >= 0.3 is 0 Å². The van der Waals surface area contributed by atoms with Crippen molar-refractivity contribution in [3.05, 3.63) is 0 Å². The van der Waals surface area contributed by atoms with Gasteiger partial charge in [-0.3, -0.25) is 0 Å². The summed E-state index contributed by atoms with van der Waals surface area (Å²) in [6.45, 7) is 2.42. The van der Waals surface area contributed by atoms with Crippen LogP contribution in [0.15, 0.2) is 0 Å². The molecular formula is C16H31NO2. The lowest BCUT2D eigenvalue weighted by molar-refractivity contribution is 0.0530. The largest absolute Gasteiger partial charge is 0.381 e. The van der Waals surface area contributed by atoms with Gasteiger partial charge in [0.25, 0.3) is 0 Å². The molecule has 2 aliphatic carbocycles. The van der Waals surface area contributed by atoms with E-state index >= 15 is 0 Å². The Morgan fingerprint density at radius 2 is 1.05 bits per heavy atom. The Hall–Kier alpha value is -0.120. The van der Waals surface area contributed by atoms with Crippen molar-refractivity contribution in [1.29, 1.82) is 0 Å². The van der Waals surface area contributed by atoms with Crippen molar-refractivity contribution < 1.29 is 9.47 Å². The lowest BCUT2D eigenvalue weighted by Gasteiger charge is -2.30. The molecule has 0 aromatic rings. The molecular weight excluding hydrogens is 238 g/mol. The monoisotopic (exact) mass is 269 g/mol. The van der Waals surface area contributed by atoms with Crippen LogP contribution in [0.2, 0.25) is 0 Å². The van der Waals surface area contributed by atoms with Crippen molar-refractivity contribution in [1.82, 2.24) is 5.32 Å². The van der Waals surface area contributed by atoms with E-state index in [1.54, 1.807) is 0 Å². The highest BCUT2D eigenvalue weighted by Crippen LogP contribution is 2.27. The fourth-order valence-corrected chi connectivity index (χ4v) is 3.63. The molecule has 0 aliphatic heterocycles. The van der Waals surface area contributed by atoms with Crippen molar-refractivity contribution in [2.45, 2.75) is 63.6 Å². The first-order valence-electron chi connectivity index (χ1n) is 8.08. The highest BCUT2D eigenvalue weighted by molar-refractivity contribution is 4.77. The maximum absolute atomic E-state index is 5.43. The van der Waals surface area contributed by atoms with Crippen LogP contribution in [0.25, 0.3) is 0 Å². The van der Waals surface area contributed by atoms with Crippen LogP contribution >= 0.6 is 0 Å². The van der Waals surface area contributed by atoms with Crippen LogP contribution in [0.3, 0.4) is 0 Å². The van der Waals surface area contributed by atoms with Gasteiger partial charge in [-0.25, -0.2) is 0 Å². The van der Waals surface area contributed by atoms with Crippen molar-refractivity contribution in [2.75, 3.05) is 27.3 Å².